The summed E-state index contributed by atoms with van der Waals surface area (Å²) in [5.41, 5.74) is 0. The number of carbonyl (C=O) groups excluding carboxylic acids is 2. The largest absolute Gasteiger partial charge is 0.371 e. The maximum Gasteiger partial charge on any atom is 0.168 e. The molecule has 0 bridgehead atoms. The second-order valence-corrected chi connectivity index (χ2v) is 4.16. The molecule has 0 N–H and O–H groups in total. The van der Waals surface area contributed by atoms with Crippen LogP contribution in [0.3, 0.4) is 0 Å². The molecule has 0 aromatic rings. The lowest BCUT2D eigenvalue weighted by Gasteiger charge is -2.13. The number of rotatable bonds is 8. The van der Waals surface area contributed by atoms with E-state index in [1.54, 1.807) is 6.92 Å². The molecule has 3 nitrogen and oxygen atoms in total. The van der Waals surface area contributed by atoms with Crippen molar-refractivity contribution in [2.24, 2.45) is 5.92 Å². The third kappa shape index (κ3) is 7.25. The first-order chi connectivity index (χ1) is 6.97. The van der Waals surface area contributed by atoms with Crippen LogP contribution in [0.2, 0.25) is 0 Å². The molecule has 0 aromatic carbocycles. The van der Waals surface area contributed by atoms with Gasteiger partial charge in [-0.25, -0.2) is 0 Å². The number of ketones is 2. The van der Waals surface area contributed by atoms with Gasteiger partial charge in [0.15, 0.2) is 5.78 Å². The first-order valence-electron chi connectivity index (χ1n) is 5.61. The molecule has 0 fully saturated rings. The number of carbonyl (C=O) groups is 2. The number of hydrogen-bond acceptors (Lipinski definition) is 3. The minimum absolute atomic E-state index is 0.00943. The molecule has 0 saturated carbocycles. The van der Waals surface area contributed by atoms with Gasteiger partial charge < -0.3 is 4.74 Å². The van der Waals surface area contributed by atoms with E-state index in [4.69, 9.17) is 4.74 Å². The molecule has 0 spiro atoms. The molecule has 0 aliphatic rings. The molecule has 0 aliphatic heterocycles. The summed E-state index contributed by atoms with van der Waals surface area (Å²) in [6, 6.07) is 0. The van der Waals surface area contributed by atoms with Gasteiger partial charge in [-0.1, -0.05) is 20.3 Å². The monoisotopic (exact) mass is 214 g/mol. The predicted octanol–water partition coefficient (Wildman–Crippen LogP) is 2.38. The Hall–Kier alpha value is -0.700. The Morgan fingerprint density at radius 3 is 2.33 bits per heavy atom. The Kier molecular flexibility index (Phi) is 7.22. The van der Waals surface area contributed by atoms with Crippen LogP contribution >= 0.6 is 0 Å². The van der Waals surface area contributed by atoms with E-state index in [1.165, 1.54) is 6.92 Å². The van der Waals surface area contributed by atoms with Gasteiger partial charge in [0, 0.05) is 6.61 Å². The second-order valence-electron chi connectivity index (χ2n) is 4.16. The Morgan fingerprint density at radius 2 is 1.87 bits per heavy atom. The summed E-state index contributed by atoms with van der Waals surface area (Å²) >= 11 is 0. The van der Waals surface area contributed by atoms with Gasteiger partial charge in [-0.2, -0.15) is 0 Å². The molecular weight excluding hydrogens is 192 g/mol. The SMILES string of the molecule is CCC(C)CCOC(C)C(=O)CC(C)=O. The Morgan fingerprint density at radius 1 is 1.27 bits per heavy atom. The van der Waals surface area contributed by atoms with Gasteiger partial charge in [-0.3, -0.25) is 9.59 Å². The zero-order valence-electron chi connectivity index (χ0n) is 10.2. The van der Waals surface area contributed by atoms with Crippen LogP contribution in [0.15, 0.2) is 0 Å². The highest BCUT2D eigenvalue weighted by Gasteiger charge is 2.15. The molecule has 0 saturated heterocycles. The molecule has 2 unspecified atom stereocenters. The van der Waals surface area contributed by atoms with Crippen molar-refractivity contribution in [3.8, 4) is 0 Å². The third-order valence-corrected chi connectivity index (χ3v) is 2.55. The van der Waals surface area contributed by atoms with E-state index in [-0.39, 0.29) is 18.0 Å². The zero-order valence-corrected chi connectivity index (χ0v) is 10.2. The van der Waals surface area contributed by atoms with E-state index in [1.807, 2.05) is 0 Å². The molecule has 0 aromatic heterocycles. The molecule has 0 amide bonds. The maximum absolute atomic E-state index is 11.4. The highest BCUT2D eigenvalue weighted by molar-refractivity contribution is 5.99. The highest BCUT2D eigenvalue weighted by atomic mass is 16.5. The van der Waals surface area contributed by atoms with E-state index < -0.39 is 6.10 Å². The Bertz CT molecular complexity index is 211. The van der Waals surface area contributed by atoms with E-state index in [9.17, 15) is 9.59 Å². The molecule has 0 radical (unpaired) electrons. The Labute approximate surface area is 92.2 Å². The van der Waals surface area contributed by atoms with Crippen molar-refractivity contribution in [1.29, 1.82) is 0 Å². The lowest BCUT2D eigenvalue weighted by molar-refractivity contribution is -0.133. The fourth-order valence-corrected chi connectivity index (χ4v) is 1.13. The summed E-state index contributed by atoms with van der Waals surface area (Å²) in [6.07, 6.45) is 1.63. The van der Waals surface area contributed by atoms with Crippen LogP contribution in [0, 0.1) is 5.92 Å². The van der Waals surface area contributed by atoms with Crippen molar-refractivity contribution >= 4 is 11.6 Å². The molecule has 0 rings (SSSR count). The van der Waals surface area contributed by atoms with Crippen LogP contribution in [0.4, 0.5) is 0 Å². The van der Waals surface area contributed by atoms with Crippen molar-refractivity contribution in [3.63, 3.8) is 0 Å². The van der Waals surface area contributed by atoms with E-state index >= 15 is 0 Å². The minimum atomic E-state index is -0.446. The predicted molar refractivity (Wildman–Crippen MR) is 59.8 cm³/mol. The summed E-state index contributed by atoms with van der Waals surface area (Å²) in [5, 5.41) is 0. The fraction of sp³-hybridized carbons (Fsp3) is 0.833. The smallest absolute Gasteiger partial charge is 0.168 e. The first-order valence-corrected chi connectivity index (χ1v) is 5.61. The molecule has 0 heterocycles. The minimum Gasteiger partial charge on any atom is -0.371 e. The lowest BCUT2D eigenvalue weighted by atomic mass is 10.1. The van der Waals surface area contributed by atoms with Gasteiger partial charge in [0.25, 0.3) is 0 Å². The Balaban J connectivity index is 3.68. The normalized spacial score (nSPS) is 14.7. The topological polar surface area (TPSA) is 43.4 Å². The second kappa shape index (κ2) is 7.57. The highest BCUT2D eigenvalue weighted by Crippen LogP contribution is 2.07. The first kappa shape index (κ1) is 14.3. The van der Waals surface area contributed by atoms with Crippen LogP contribution < -0.4 is 0 Å². The fourth-order valence-electron chi connectivity index (χ4n) is 1.13. The van der Waals surface area contributed by atoms with Gasteiger partial charge in [0.1, 0.15) is 11.9 Å². The quantitative estimate of drug-likeness (QED) is 0.583. The van der Waals surface area contributed by atoms with E-state index in [0.717, 1.165) is 12.8 Å². The van der Waals surface area contributed by atoms with Crippen LogP contribution in [-0.4, -0.2) is 24.3 Å². The maximum atomic E-state index is 11.4. The van der Waals surface area contributed by atoms with Gasteiger partial charge in [0.05, 0.1) is 6.42 Å². The molecule has 2 atom stereocenters. The lowest BCUT2D eigenvalue weighted by Crippen LogP contribution is -2.23. The summed E-state index contributed by atoms with van der Waals surface area (Å²) in [5.74, 6) is 0.407. The standard InChI is InChI=1S/C12H22O3/c1-5-9(2)6-7-15-11(4)12(14)8-10(3)13/h9,11H,5-8H2,1-4H3. The van der Waals surface area contributed by atoms with Gasteiger partial charge in [-0.05, 0) is 26.2 Å². The van der Waals surface area contributed by atoms with Crippen molar-refractivity contribution in [2.45, 2.75) is 53.1 Å². The number of hydrogen-bond donors (Lipinski definition) is 0. The van der Waals surface area contributed by atoms with Gasteiger partial charge >= 0.3 is 0 Å². The third-order valence-electron chi connectivity index (χ3n) is 2.55. The average molecular weight is 214 g/mol. The van der Waals surface area contributed by atoms with Crippen LogP contribution in [0.1, 0.15) is 47.0 Å². The van der Waals surface area contributed by atoms with E-state index in [2.05, 4.69) is 13.8 Å². The zero-order chi connectivity index (χ0) is 11.8. The summed E-state index contributed by atoms with van der Waals surface area (Å²) in [7, 11) is 0. The average Bonchev–Trinajstić information content (AvgIpc) is 2.16. The van der Waals surface area contributed by atoms with Crippen molar-refractivity contribution in [2.75, 3.05) is 6.61 Å². The molecule has 15 heavy (non-hydrogen) atoms. The molecular formula is C12H22O3. The van der Waals surface area contributed by atoms with Crippen LogP contribution in [0.5, 0.6) is 0 Å². The van der Waals surface area contributed by atoms with Crippen LogP contribution in [0.25, 0.3) is 0 Å². The number of Topliss-reactive ketones (excluding diaryl/α,β-unsaturated/α-hetero) is 2. The van der Waals surface area contributed by atoms with Crippen molar-refractivity contribution < 1.29 is 14.3 Å². The van der Waals surface area contributed by atoms with Gasteiger partial charge in [0.2, 0.25) is 0 Å². The molecule has 0 aliphatic carbocycles. The summed E-state index contributed by atoms with van der Waals surface area (Å²) < 4.78 is 5.38. The van der Waals surface area contributed by atoms with Gasteiger partial charge in [-0.15, -0.1) is 0 Å². The number of ether oxygens (including phenoxy) is 1. The molecule has 88 valence electrons. The molecule has 3 heteroatoms. The van der Waals surface area contributed by atoms with E-state index in [0.29, 0.717) is 12.5 Å². The van der Waals surface area contributed by atoms with Crippen molar-refractivity contribution in [3.05, 3.63) is 0 Å². The van der Waals surface area contributed by atoms with Crippen LogP contribution in [-0.2, 0) is 14.3 Å². The van der Waals surface area contributed by atoms with Crippen molar-refractivity contribution in [1.82, 2.24) is 0 Å². The summed E-state index contributed by atoms with van der Waals surface area (Å²) in [6.45, 7) is 8.02. The summed E-state index contributed by atoms with van der Waals surface area (Å²) in [4.78, 5) is 22.1.